The van der Waals surface area contributed by atoms with Crippen LogP contribution in [0, 0.1) is 0 Å². The minimum atomic E-state index is 0.796. The number of nitrogens with zero attached hydrogens (tertiary/aromatic N) is 1. The second kappa shape index (κ2) is 12.6. The number of likely N-dealkylation sites (tertiary alicyclic amines) is 1. The summed E-state index contributed by atoms with van der Waals surface area (Å²) in [6.07, 6.45) is 15.5. The molecule has 1 saturated heterocycles. The zero-order valence-corrected chi connectivity index (χ0v) is 14.1. The predicted molar refractivity (Wildman–Crippen MR) is 90.4 cm³/mol. The van der Waals surface area contributed by atoms with E-state index >= 15 is 0 Å². The molecule has 1 aliphatic heterocycles. The molecule has 0 spiro atoms. The van der Waals surface area contributed by atoms with Crippen LogP contribution in [0.1, 0.15) is 84.5 Å². The van der Waals surface area contributed by atoms with E-state index in [2.05, 4.69) is 24.1 Å². The maximum absolute atomic E-state index is 3.67. The van der Waals surface area contributed by atoms with Gasteiger partial charge in [-0.1, -0.05) is 58.8 Å². The fraction of sp³-hybridized carbons (Fsp3) is 1.00. The third kappa shape index (κ3) is 8.97. The Kier molecular flexibility index (Phi) is 11.4. The van der Waals surface area contributed by atoms with E-state index in [9.17, 15) is 0 Å². The minimum Gasteiger partial charge on any atom is -0.314 e. The first kappa shape index (κ1) is 18.0. The molecule has 0 saturated carbocycles. The van der Waals surface area contributed by atoms with Gasteiger partial charge in [-0.15, -0.1) is 0 Å². The molecule has 1 rings (SSSR count). The van der Waals surface area contributed by atoms with Crippen LogP contribution in [0.2, 0.25) is 0 Å². The van der Waals surface area contributed by atoms with E-state index in [1.165, 1.54) is 96.8 Å². The molecule has 0 aromatic heterocycles. The van der Waals surface area contributed by atoms with Gasteiger partial charge in [-0.3, -0.25) is 0 Å². The van der Waals surface area contributed by atoms with Gasteiger partial charge in [0, 0.05) is 6.04 Å². The molecule has 1 aliphatic rings. The van der Waals surface area contributed by atoms with E-state index < -0.39 is 0 Å². The molecule has 0 amide bonds. The van der Waals surface area contributed by atoms with Crippen LogP contribution >= 0.6 is 0 Å². The van der Waals surface area contributed by atoms with Crippen molar-refractivity contribution in [2.45, 2.75) is 90.5 Å². The van der Waals surface area contributed by atoms with Gasteiger partial charge in [-0.05, 0) is 51.9 Å². The molecule has 2 heteroatoms. The summed E-state index contributed by atoms with van der Waals surface area (Å²) >= 11 is 0. The molecule has 120 valence electrons. The molecule has 0 atom stereocenters. The predicted octanol–water partition coefficient (Wildman–Crippen LogP) is 4.59. The number of hydrogen-bond acceptors (Lipinski definition) is 2. The molecule has 0 aromatic carbocycles. The van der Waals surface area contributed by atoms with Crippen LogP contribution in [0.25, 0.3) is 0 Å². The fourth-order valence-corrected chi connectivity index (χ4v) is 3.18. The summed E-state index contributed by atoms with van der Waals surface area (Å²) in [5.74, 6) is 0. The van der Waals surface area contributed by atoms with Crippen molar-refractivity contribution in [2.75, 3.05) is 26.2 Å². The van der Waals surface area contributed by atoms with Gasteiger partial charge in [0.05, 0.1) is 0 Å². The summed E-state index contributed by atoms with van der Waals surface area (Å²) in [6, 6.07) is 0.796. The van der Waals surface area contributed by atoms with Crippen LogP contribution < -0.4 is 5.32 Å². The topological polar surface area (TPSA) is 15.3 Å². The zero-order valence-electron chi connectivity index (χ0n) is 14.1. The lowest BCUT2D eigenvalue weighted by Gasteiger charge is -2.32. The van der Waals surface area contributed by atoms with Gasteiger partial charge in [0.1, 0.15) is 0 Å². The Morgan fingerprint density at radius 1 is 0.800 bits per heavy atom. The fourth-order valence-electron chi connectivity index (χ4n) is 3.18. The van der Waals surface area contributed by atoms with Crippen LogP contribution in [0.15, 0.2) is 0 Å². The summed E-state index contributed by atoms with van der Waals surface area (Å²) < 4.78 is 0. The summed E-state index contributed by atoms with van der Waals surface area (Å²) in [5, 5.41) is 3.67. The molecule has 2 nitrogen and oxygen atoms in total. The molecule has 0 bridgehead atoms. The van der Waals surface area contributed by atoms with Crippen molar-refractivity contribution >= 4 is 0 Å². The highest BCUT2D eigenvalue weighted by atomic mass is 15.1. The van der Waals surface area contributed by atoms with Gasteiger partial charge in [-0.2, -0.15) is 0 Å². The Balaban J connectivity index is 1.86. The van der Waals surface area contributed by atoms with Gasteiger partial charge in [-0.25, -0.2) is 0 Å². The molecule has 0 aliphatic carbocycles. The van der Waals surface area contributed by atoms with Gasteiger partial charge < -0.3 is 10.2 Å². The van der Waals surface area contributed by atoms with Crippen molar-refractivity contribution in [3.63, 3.8) is 0 Å². The van der Waals surface area contributed by atoms with Gasteiger partial charge in [0.25, 0.3) is 0 Å². The first-order valence-corrected chi connectivity index (χ1v) is 9.32. The standard InChI is InChI=1S/C18H38N2/c1-3-5-6-7-8-9-10-11-15-20-16-12-18(13-17-20)19-14-4-2/h18-19H,3-17H2,1-2H3. The van der Waals surface area contributed by atoms with E-state index in [1.807, 2.05) is 0 Å². The average Bonchev–Trinajstić information content (AvgIpc) is 2.49. The van der Waals surface area contributed by atoms with Crippen LogP contribution in [0.3, 0.4) is 0 Å². The molecule has 0 unspecified atom stereocenters. The lowest BCUT2D eigenvalue weighted by atomic mass is 10.0. The van der Waals surface area contributed by atoms with Crippen molar-refractivity contribution < 1.29 is 0 Å². The van der Waals surface area contributed by atoms with Crippen LogP contribution in [-0.4, -0.2) is 37.1 Å². The molecule has 1 N–H and O–H groups in total. The normalized spacial score (nSPS) is 17.7. The molecular weight excluding hydrogens is 244 g/mol. The summed E-state index contributed by atoms with van der Waals surface area (Å²) in [6.45, 7) is 9.72. The average molecular weight is 283 g/mol. The molecule has 1 heterocycles. The van der Waals surface area contributed by atoms with Crippen molar-refractivity contribution in [3.05, 3.63) is 0 Å². The summed E-state index contributed by atoms with van der Waals surface area (Å²) in [4.78, 5) is 2.68. The van der Waals surface area contributed by atoms with Crippen molar-refractivity contribution in [3.8, 4) is 0 Å². The summed E-state index contributed by atoms with van der Waals surface area (Å²) in [7, 11) is 0. The van der Waals surface area contributed by atoms with Crippen LogP contribution in [0.4, 0.5) is 0 Å². The van der Waals surface area contributed by atoms with Crippen molar-refractivity contribution in [1.29, 1.82) is 0 Å². The smallest absolute Gasteiger partial charge is 0.00914 e. The Bertz CT molecular complexity index is 198. The van der Waals surface area contributed by atoms with Crippen LogP contribution in [0.5, 0.6) is 0 Å². The molecule has 0 aromatic rings. The SMILES string of the molecule is CCCCCCCCCCN1CCC(NCCC)CC1. The highest BCUT2D eigenvalue weighted by Gasteiger charge is 2.17. The molecule has 1 fully saturated rings. The Hall–Kier alpha value is -0.0800. The summed E-state index contributed by atoms with van der Waals surface area (Å²) in [5.41, 5.74) is 0. The Morgan fingerprint density at radius 3 is 2.00 bits per heavy atom. The number of piperidine rings is 1. The third-order valence-corrected chi connectivity index (χ3v) is 4.60. The zero-order chi connectivity index (χ0) is 14.5. The van der Waals surface area contributed by atoms with E-state index in [1.54, 1.807) is 0 Å². The van der Waals surface area contributed by atoms with Crippen molar-refractivity contribution in [1.82, 2.24) is 10.2 Å². The van der Waals surface area contributed by atoms with Gasteiger partial charge in [0.15, 0.2) is 0 Å². The number of rotatable bonds is 12. The molecular formula is C18H38N2. The van der Waals surface area contributed by atoms with Gasteiger partial charge >= 0.3 is 0 Å². The number of nitrogens with one attached hydrogen (secondary N) is 1. The Labute approximate surface area is 127 Å². The monoisotopic (exact) mass is 282 g/mol. The van der Waals surface area contributed by atoms with E-state index in [-0.39, 0.29) is 0 Å². The maximum atomic E-state index is 3.67. The van der Waals surface area contributed by atoms with E-state index in [0.717, 1.165) is 6.04 Å². The first-order chi connectivity index (χ1) is 9.86. The Morgan fingerprint density at radius 2 is 1.40 bits per heavy atom. The quantitative estimate of drug-likeness (QED) is 0.527. The lowest BCUT2D eigenvalue weighted by molar-refractivity contribution is 0.194. The lowest BCUT2D eigenvalue weighted by Crippen LogP contribution is -2.42. The highest BCUT2D eigenvalue weighted by Crippen LogP contribution is 2.13. The highest BCUT2D eigenvalue weighted by molar-refractivity contribution is 4.76. The second-order valence-corrected chi connectivity index (χ2v) is 6.54. The largest absolute Gasteiger partial charge is 0.314 e. The maximum Gasteiger partial charge on any atom is 0.00914 e. The van der Waals surface area contributed by atoms with E-state index in [0.29, 0.717) is 0 Å². The first-order valence-electron chi connectivity index (χ1n) is 9.32. The van der Waals surface area contributed by atoms with Gasteiger partial charge in [0.2, 0.25) is 0 Å². The van der Waals surface area contributed by atoms with Crippen LogP contribution in [-0.2, 0) is 0 Å². The minimum absolute atomic E-state index is 0.796. The number of unbranched alkanes of at least 4 members (excludes halogenated alkanes) is 7. The third-order valence-electron chi connectivity index (χ3n) is 4.60. The van der Waals surface area contributed by atoms with E-state index in [4.69, 9.17) is 0 Å². The molecule has 0 radical (unpaired) electrons. The second-order valence-electron chi connectivity index (χ2n) is 6.54. The molecule has 20 heavy (non-hydrogen) atoms. The number of hydrogen-bond donors (Lipinski definition) is 1. The van der Waals surface area contributed by atoms with Crippen molar-refractivity contribution in [2.24, 2.45) is 0 Å².